The molecule has 0 bridgehead atoms. The van der Waals surface area contributed by atoms with Gasteiger partial charge in [0.25, 0.3) is 5.91 Å². The lowest BCUT2D eigenvalue weighted by atomic mass is 9.84. The molecule has 1 aromatic rings. The second kappa shape index (κ2) is 6.61. The molecule has 1 aliphatic heterocycles. The van der Waals surface area contributed by atoms with Gasteiger partial charge in [-0.1, -0.05) is 6.92 Å². The van der Waals surface area contributed by atoms with Crippen LogP contribution in [0.3, 0.4) is 0 Å². The van der Waals surface area contributed by atoms with Crippen molar-refractivity contribution < 1.29 is 14.7 Å². The first kappa shape index (κ1) is 15.4. The molecule has 1 amide bonds. The second-order valence-electron chi connectivity index (χ2n) is 5.85. The number of benzene rings is 1. The maximum absolute atomic E-state index is 12.5. The minimum atomic E-state index is -0.774. The zero-order valence-electron chi connectivity index (χ0n) is 12.3. The molecule has 114 valence electrons. The standard InChI is InChI=1S/C16H22N2O3/c1-11(9-15(19)20)13-3-2-8-18(10-13)16(21)12-4-6-14(17)7-5-12/h4-7,11,13H,2-3,8-10,17H2,1H3,(H,19,20). The van der Waals surface area contributed by atoms with E-state index in [1.807, 2.05) is 11.8 Å². The van der Waals surface area contributed by atoms with E-state index in [9.17, 15) is 9.59 Å². The van der Waals surface area contributed by atoms with Crippen molar-refractivity contribution >= 4 is 17.6 Å². The smallest absolute Gasteiger partial charge is 0.303 e. The van der Waals surface area contributed by atoms with Crippen molar-refractivity contribution in [2.24, 2.45) is 11.8 Å². The molecule has 0 radical (unpaired) electrons. The van der Waals surface area contributed by atoms with Crippen molar-refractivity contribution in [1.29, 1.82) is 0 Å². The first-order chi connectivity index (χ1) is 9.97. The summed E-state index contributed by atoms with van der Waals surface area (Å²) < 4.78 is 0. The van der Waals surface area contributed by atoms with Gasteiger partial charge in [-0.25, -0.2) is 0 Å². The first-order valence-electron chi connectivity index (χ1n) is 7.34. The van der Waals surface area contributed by atoms with Gasteiger partial charge >= 0.3 is 5.97 Å². The fourth-order valence-electron chi connectivity index (χ4n) is 2.91. The number of hydrogen-bond donors (Lipinski definition) is 2. The number of rotatable bonds is 4. The number of carbonyl (C=O) groups excluding carboxylic acids is 1. The molecule has 3 N–H and O–H groups in total. The third-order valence-electron chi connectivity index (χ3n) is 4.20. The van der Waals surface area contributed by atoms with E-state index in [1.54, 1.807) is 24.3 Å². The number of piperidine rings is 1. The molecule has 0 aromatic heterocycles. The SMILES string of the molecule is CC(CC(=O)O)C1CCCN(C(=O)c2ccc(N)cc2)C1. The topological polar surface area (TPSA) is 83.6 Å². The fraction of sp³-hybridized carbons (Fsp3) is 0.500. The third-order valence-corrected chi connectivity index (χ3v) is 4.20. The van der Waals surface area contributed by atoms with Crippen LogP contribution in [-0.2, 0) is 4.79 Å². The van der Waals surface area contributed by atoms with Crippen LogP contribution in [0.25, 0.3) is 0 Å². The van der Waals surface area contributed by atoms with Crippen LogP contribution < -0.4 is 5.73 Å². The summed E-state index contributed by atoms with van der Waals surface area (Å²) >= 11 is 0. The number of anilines is 1. The fourth-order valence-corrected chi connectivity index (χ4v) is 2.91. The van der Waals surface area contributed by atoms with E-state index in [0.717, 1.165) is 19.4 Å². The highest BCUT2D eigenvalue weighted by Gasteiger charge is 2.28. The second-order valence-corrected chi connectivity index (χ2v) is 5.85. The van der Waals surface area contributed by atoms with Gasteiger partial charge < -0.3 is 15.7 Å². The van der Waals surface area contributed by atoms with Crippen LogP contribution in [0.5, 0.6) is 0 Å². The van der Waals surface area contributed by atoms with Gasteiger partial charge in [-0.05, 0) is 48.9 Å². The van der Waals surface area contributed by atoms with Crippen LogP contribution in [0, 0.1) is 11.8 Å². The molecule has 1 aromatic carbocycles. The molecule has 1 saturated heterocycles. The summed E-state index contributed by atoms with van der Waals surface area (Å²) in [6.07, 6.45) is 2.07. The van der Waals surface area contributed by atoms with Crippen molar-refractivity contribution in [2.45, 2.75) is 26.2 Å². The lowest BCUT2D eigenvalue weighted by Gasteiger charge is -2.35. The number of nitrogens with zero attached hydrogens (tertiary/aromatic N) is 1. The largest absolute Gasteiger partial charge is 0.481 e. The molecule has 0 saturated carbocycles. The number of amides is 1. The average molecular weight is 290 g/mol. The molecular weight excluding hydrogens is 268 g/mol. The van der Waals surface area contributed by atoms with Gasteiger partial charge in [0, 0.05) is 30.8 Å². The Hall–Kier alpha value is -2.04. The zero-order chi connectivity index (χ0) is 15.4. The van der Waals surface area contributed by atoms with E-state index < -0.39 is 5.97 Å². The highest BCUT2D eigenvalue weighted by Crippen LogP contribution is 2.27. The number of hydrogen-bond acceptors (Lipinski definition) is 3. The summed E-state index contributed by atoms with van der Waals surface area (Å²) in [6.45, 7) is 3.33. The molecule has 2 rings (SSSR count). The van der Waals surface area contributed by atoms with Crippen LogP contribution in [0.4, 0.5) is 5.69 Å². The van der Waals surface area contributed by atoms with Crippen LogP contribution in [-0.4, -0.2) is 35.0 Å². The Balaban J connectivity index is 2.01. The van der Waals surface area contributed by atoms with Gasteiger partial charge in [0.2, 0.25) is 0 Å². The van der Waals surface area contributed by atoms with E-state index in [1.165, 1.54) is 0 Å². The van der Waals surface area contributed by atoms with E-state index in [4.69, 9.17) is 10.8 Å². The summed E-state index contributed by atoms with van der Waals surface area (Å²) in [4.78, 5) is 25.1. The highest BCUT2D eigenvalue weighted by atomic mass is 16.4. The number of likely N-dealkylation sites (tertiary alicyclic amines) is 1. The number of aliphatic carboxylic acids is 1. The summed E-state index contributed by atoms with van der Waals surface area (Å²) in [7, 11) is 0. The molecule has 0 aliphatic carbocycles. The van der Waals surface area contributed by atoms with E-state index >= 15 is 0 Å². The molecule has 1 fully saturated rings. The van der Waals surface area contributed by atoms with E-state index in [0.29, 0.717) is 17.8 Å². The number of carboxylic acid groups (broad SMARTS) is 1. The molecule has 2 unspecified atom stereocenters. The number of carbonyl (C=O) groups is 2. The number of nitrogen functional groups attached to an aromatic ring is 1. The maximum Gasteiger partial charge on any atom is 0.303 e. The Kier molecular flexibility index (Phi) is 4.83. The van der Waals surface area contributed by atoms with Gasteiger partial charge in [-0.15, -0.1) is 0 Å². The predicted molar refractivity (Wildman–Crippen MR) is 80.9 cm³/mol. The van der Waals surface area contributed by atoms with Crippen LogP contribution in [0.15, 0.2) is 24.3 Å². The minimum Gasteiger partial charge on any atom is -0.481 e. The number of carboxylic acids is 1. The van der Waals surface area contributed by atoms with Gasteiger partial charge in [0.1, 0.15) is 0 Å². The Labute approximate surface area is 124 Å². The Bertz CT molecular complexity index is 513. The molecule has 1 heterocycles. The quantitative estimate of drug-likeness (QED) is 0.833. The van der Waals surface area contributed by atoms with Crippen LogP contribution >= 0.6 is 0 Å². The van der Waals surface area contributed by atoms with Crippen LogP contribution in [0.1, 0.15) is 36.5 Å². The summed E-state index contributed by atoms with van der Waals surface area (Å²) in [5, 5.41) is 8.90. The van der Waals surface area contributed by atoms with Crippen molar-refractivity contribution in [2.75, 3.05) is 18.8 Å². The van der Waals surface area contributed by atoms with Gasteiger partial charge in [-0.3, -0.25) is 9.59 Å². The van der Waals surface area contributed by atoms with E-state index in [2.05, 4.69) is 0 Å². The molecule has 1 aliphatic rings. The molecule has 5 nitrogen and oxygen atoms in total. The predicted octanol–water partition coefficient (Wildman–Crippen LogP) is 2.23. The molecular formula is C16H22N2O3. The molecule has 0 spiro atoms. The lowest BCUT2D eigenvalue weighted by Crippen LogP contribution is -2.42. The third kappa shape index (κ3) is 3.97. The van der Waals surface area contributed by atoms with Crippen molar-refractivity contribution in [3.8, 4) is 0 Å². The average Bonchev–Trinajstić information content (AvgIpc) is 2.47. The van der Waals surface area contributed by atoms with Gasteiger partial charge in [-0.2, -0.15) is 0 Å². The number of nitrogens with two attached hydrogens (primary N) is 1. The Morgan fingerprint density at radius 2 is 2.05 bits per heavy atom. The summed E-state index contributed by atoms with van der Waals surface area (Å²) in [5.41, 5.74) is 6.91. The summed E-state index contributed by atoms with van der Waals surface area (Å²) in [5.74, 6) is -0.427. The van der Waals surface area contributed by atoms with Gasteiger partial charge in [0.05, 0.1) is 0 Å². The highest BCUT2D eigenvalue weighted by molar-refractivity contribution is 5.94. The zero-order valence-corrected chi connectivity index (χ0v) is 12.3. The monoisotopic (exact) mass is 290 g/mol. The minimum absolute atomic E-state index is 0.00206. The van der Waals surface area contributed by atoms with E-state index in [-0.39, 0.29) is 24.2 Å². The molecule has 5 heteroatoms. The molecule has 21 heavy (non-hydrogen) atoms. The maximum atomic E-state index is 12.5. The van der Waals surface area contributed by atoms with Crippen molar-refractivity contribution in [3.63, 3.8) is 0 Å². The summed E-state index contributed by atoms with van der Waals surface area (Å²) in [6, 6.07) is 6.92. The van der Waals surface area contributed by atoms with Crippen LogP contribution in [0.2, 0.25) is 0 Å². The molecule has 2 atom stereocenters. The van der Waals surface area contributed by atoms with Gasteiger partial charge in [0.15, 0.2) is 0 Å². The first-order valence-corrected chi connectivity index (χ1v) is 7.34. The van der Waals surface area contributed by atoms with Crippen molar-refractivity contribution in [3.05, 3.63) is 29.8 Å². The Morgan fingerprint density at radius 1 is 1.38 bits per heavy atom. The Morgan fingerprint density at radius 3 is 2.67 bits per heavy atom. The van der Waals surface area contributed by atoms with Crippen molar-refractivity contribution in [1.82, 2.24) is 4.90 Å². The normalized spacial score (nSPS) is 20.0. The lowest BCUT2D eigenvalue weighted by molar-refractivity contribution is -0.138.